The number of nitrogens with zero attached hydrogens (tertiary/aromatic N) is 5. The topological polar surface area (TPSA) is 115 Å². The average Bonchev–Trinajstić information content (AvgIpc) is 3.16. The van der Waals surface area contributed by atoms with Crippen LogP contribution < -0.4 is 5.32 Å². The van der Waals surface area contributed by atoms with Crippen molar-refractivity contribution in [3.8, 4) is 0 Å². The van der Waals surface area contributed by atoms with E-state index in [0.29, 0.717) is 6.54 Å². The van der Waals surface area contributed by atoms with Crippen molar-refractivity contribution in [1.29, 1.82) is 0 Å². The molecular weight excluding hydrogens is 324 g/mol. The first-order valence-electron chi connectivity index (χ1n) is 7.51. The number of nitrogens with one attached hydrogen (secondary N) is 1. The molecule has 0 bridgehead atoms. The minimum absolute atomic E-state index is 0.123. The monoisotopic (exact) mass is 340 g/mol. The van der Waals surface area contributed by atoms with Crippen molar-refractivity contribution < 1.29 is 14.7 Å². The number of rotatable bonds is 6. The number of anilines is 1. The molecular formula is C16H16N6O3. The summed E-state index contributed by atoms with van der Waals surface area (Å²) in [6.45, 7) is 2.14. The first-order chi connectivity index (χ1) is 12.0. The SMILES string of the molecule is Cc1cccc(Cn2cnc(NC(=O)c3ccnn3CC(=O)O)n2)c1. The Bertz CT molecular complexity index is 914. The third-order valence-electron chi connectivity index (χ3n) is 3.42. The van der Waals surface area contributed by atoms with Gasteiger partial charge in [-0.05, 0) is 18.6 Å². The van der Waals surface area contributed by atoms with Crippen LogP contribution in [0.2, 0.25) is 0 Å². The molecule has 2 N–H and O–H groups in total. The number of carboxylic acids is 1. The molecule has 3 aromatic rings. The van der Waals surface area contributed by atoms with Gasteiger partial charge in [0.1, 0.15) is 18.6 Å². The van der Waals surface area contributed by atoms with Gasteiger partial charge in [-0.15, -0.1) is 5.10 Å². The molecule has 2 heterocycles. The summed E-state index contributed by atoms with van der Waals surface area (Å²) >= 11 is 0. The van der Waals surface area contributed by atoms with Crippen molar-refractivity contribution in [2.45, 2.75) is 20.0 Å². The fourth-order valence-corrected chi connectivity index (χ4v) is 2.37. The molecule has 128 valence electrons. The lowest BCUT2D eigenvalue weighted by molar-refractivity contribution is -0.137. The maximum absolute atomic E-state index is 12.2. The number of hydrogen-bond acceptors (Lipinski definition) is 5. The van der Waals surface area contributed by atoms with Gasteiger partial charge >= 0.3 is 5.97 Å². The third-order valence-corrected chi connectivity index (χ3v) is 3.42. The molecule has 0 radical (unpaired) electrons. The molecule has 9 heteroatoms. The van der Waals surface area contributed by atoms with Gasteiger partial charge in [0.2, 0.25) is 5.95 Å². The van der Waals surface area contributed by atoms with Crippen LogP contribution in [0.5, 0.6) is 0 Å². The van der Waals surface area contributed by atoms with E-state index in [2.05, 4.69) is 20.5 Å². The number of aryl methyl sites for hydroxylation is 1. The Labute approximate surface area is 142 Å². The van der Waals surface area contributed by atoms with Gasteiger partial charge in [0.15, 0.2) is 0 Å². The molecule has 9 nitrogen and oxygen atoms in total. The lowest BCUT2D eigenvalue weighted by atomic mass is 10.1. The number of carbonyl (C=O) groups excluding carboxylic acids is 1. The molecule has 1 amide bonds. The van der Waals surface area contributed by atoms with Gasteiger partial charge in [-0.2, -0.15) is 5.10 Å². The molecule has 0 aliphatic rings. The van der Waals surface area contributed by atoms with E-state index < -0.39 is 18.4 Å². The molecule has 1 aromatic carbocycles. The Morgan fingerprint density at radius 1 is 1.28 bits per heavy atom. The highest BCUT2D eigenvalue weighted by Gasteiger charge is 2.15. The summed E-state index contributed by atoms with van der Waals surface area (Å²) in [4.78, 5) is 27.1. The Kier molecular flexibility index (Phi) is 4.55. The summed E-state index contributed by atoms with van der Waals surface area (Å²) in [6, 6.07) is 9.44. The number of aliphatic carboxylic acids is 1. The van der Waals surface area contributed by atoms with Crippen LogP contribution in [0, 0.1) is 6.92 Å². The maximum Gasteiger partial charge on any atom is 0.325 e. The minimum Gasteiger partial charge on any atom is -0.480 e. The van der Waals surface area contributed by atoms with Crippen LogP contribution in [0.1, 0.15) is 21.6 Å². The summed E-state index contributed by atoms with van der Waals surface area (Å²) in [5, 5.41) is 19.4. The first-order valence-corrected chi connectivity index (χ1v) is 7.51. The van der Waals surface area contributed by atoms with Gasteiger partial charge in [0, 0.05) is 6.20 Å². The van der Waals surface area contributed by atoms with E-state index in [1.54, 1.807) is 4.68 Å². The van der Waals surface area contributed by atoms with Gasteiger partial charge in [0.05, 0.1) is 6.54 Å². The van der Waals surface area contributed by atoms with Gasteiger partial charge in [0.25, 0.3) is 5.91 Å². The zero-order valence-electron chi connectivity index (χ0n) is 13.5. The molecule has 0 saturated heterocycles. The van der Waals surface area contributed by atoms with Crippen LogP contribution in [0.4, 0.5) is 5.95 Å². The van der Waals surface area contributed by atoms with Gasteiger partial charge in [-0.1, -0.05) is 29.8 Å². The molecule has 0 saturated carbocycles. The predicted molar refractivity (Wildman–Crippen MR) is 88.1 cm³/mol. The zero-order chi connectivity index (χ0) is 17.8. The van der Waals surface area contributed by atoms with Crippen molar-refractivity contribution in [2.75, 3.05) is 5.32 Å². The molecule has 3 rings (SSSR count). The molecule has 0 atom stereocenters. The molecule has 0 unspecified atom stereocenters. The largest absolute Gasteiger partial charge is 0.480 e. The lowest BCUT2D eigenvalue weighted by Crippen LogP contribution is -2.21. The van der Waals surface area contributed by atoms with E-state index >= 15 is 0 Å². The second kappa shape index (κ2) is 6.95. The second-order valence-corrected chi connectivity index (χ2v) is 5.48. The standard InChI is InChI=1S/C16H16N6O3/c1-11-3-2-4-12(7-11)8-21-10-17-16(20-21)19-15(25)13-5-6-18-22(13)9-14(23)24/h2-7,10H,8-9H2,1H3,(H,23,24)(H,19,20,25). The average molecular weight is 340 g/mol. The molecule has 25 heavy (non-hydrogen) atoms. The number of carbonyl (C=O) groups is 2. The van der Waals surface area contributed by atoms with E-state index in [0.717, 1.165) is 15.8 Å². The number of amides is 1. The summed E-state index contributed by atoms with van der Waals surface area (Å²) in [5.41, 5.74) is 2.34. The first kappa shape index (κ1) is 16.4. The van der Waals surface area contributed by atoms with Crippen LogP contribution in [-0.4, -0.2) is 41.5 Å². The molecule has 0 fully saturated rings. The van der Waals surface area contributed by atoms with Crippen molar-refractivity contribution in [3.05, 3.63) is 59.7 Å². The van der Waals surface area contributed by atoms with Crippen molar-refractivity contribution in [3.63, 3.8) is 0 Å². The number of hydrogen-bond donors (Lipinski definition) is 2. The fraction of sp³-hybridized carbons (Fsp3) is 0.188. The summed E-state index contributed by atoms with van der Waals surface area (Å²) < 4.78 is 2.71. The molecule has 2 aromatic heterocycles. The summed E-state index contributed by atoms with van der Waals surface area (Å²) in [6.07, 6.45) is 2.88. The number of aromatic nitrogens is 5. The number of benzene rings is 1. The van der Waals surface area contributed by atoms with E-state index in [1.807, 2.05) is 31.2 Å². The van der Waals surface area contributed by atoms with Crippen molar-refractivity contribution in [2.24, 2.45) is 0 Å². The highest BCUT2D eigenvalue weighted by Crippen LogP contribution is 2.08. The minimum atomic E-state index is -1.08. The van der Waals surface area contributed by atoms with Crippen LogP contribution in [0.15, 0.2) is 42.9 Å². The highest BCUT2D eigenvalue weighted by molar-refractivity contribution is 6.02. The van der Waals surface area contributed by atoms with Crippen molar-refractivity contribution in [1.82, 2.24) is 24.5 Å². The third kappa shape index (κ3) is 4.08. The van der Waals surface area contributed by atoms with Crippen LogP contribution in [-0.2, 0) is 17.9 Å². The van der Waals surface area contributed by atoms with Gasteiger partial charge in [-0.3, -0.25) is 14.9 Å². The van der Waals surface area contributed by atoms with E-state index in [4.69, 9.17) is 5.11 Å². The number of carboxylic acid groups (broad SMARTS) is 1. The molecule has 0 spiro atoms. The zero-order valence-corrected chi connectivity index (χ0v) is 13.5. The molecule has 0 aliphatic heterocycles. The van der Waals surface area contributed by atoms with Crippen LogP contribution >= 0.6 is 0 Å². The quantitative estimate of drug-likeness (QED) is 0.696. The van der Waals surface area contributed by atoms with E-state index in [9.17, 15) is 9.59 Å². The summed E-state index contributed by atoms with van der Waals surface area (Å²) in [5.74, 6) is -1.47. The Morgan fingerprint density at radius 3 is 2.88 bits per heavy atom. The lowest BCUT2D eigenvalue weighted by Gasteiger charge is -2.04. The highest BCUT2D eigenvalue weighted by atomic mass is 16.4. The molecule has 0 aliphatic carbocycles. The van der Waals surface area contributed by atoms with Crippen LogP contribution in [0.25, 0.3) is 0 Å². The Balaban J connectivity index is 1.68. The smallest absolute Gasteiger partial charge is 0.325 e. The predicted octanol–water partition coefficient (Wildman–Crippen LogP) is 1.17. The fourth-order valence-electron chi connectivity index (χ4n) is 2.37. The van der Waals surface area contributed by atoms with Crippen LogP contribution in [0.3, 0.4) is 0 Å². The van der Waals surface area contributed by atoms with Crippen molar-refractivity contribution >= 4 is 17.8 Å². The second-order valence-electron chi connectivity index (χ2n) is 5.48. The summed E-state index contributed by atoms with van der Waals surface area (Å²) in [7, 11) is 0. The Morgan fingerprint density at radius 2 is 2.12 bits per heavy atom. The van der Waals surface area contributed by atoms with Gasteiger partial charge < -0.3 is 5.11 Å². The van der Waals surface area contributed by atoms with E-state index in [1.165, 1.54) is 18.6 Å². The normalized spacial score (nSPS) is 10.6. The van der Waals surface area contributed by atoms with E-state index in [-0.39, 0.29) is 11.6 Å². The Hall–Kier alpha value is -3.49. The maximum atomic E-state index is 12.2. The van der Waals surface area contributed by atoms with Gasteiger partial charge in [-0.25, -0.2) is 14.3 Å².